The van der Waals surface area contributed by atoms with E-state index in [0.717, 1.165) is 18.2 Å². The molecule has 0 saturated heterocycles. The Labute approximate surface area is 123 Å². The molecule has 0 spiro atoms. The van der Waals surface area contributed by atoms with Crippen LogP contribution in [0.15, 0.2) is 18.2 Å². The zero-order valence-electron chi connectivity index (χ0n) is 10.6. The molecule has 0 heterocycles. The van der Waals surface area contributed by atoms with Crippen LogP contribution in [-0.4, -0.2) is 34.5 Å². The summed E-state index contributed by atoms with van der Waals surface area (Å²) >= 11 is 3.30. The average Bonchev–Trinajstić information content (AvgIpc) is 2.41. The highest BCUT2D eigenvalue weighted by atomic mass is 79.9. The Morgan fingerprint density at radius 3 is 2.70 bits per heavy atom. The zero-order valence-corrected chi connectivity index (χ0v) is 12.2. The predicted molar refractivity (Wildman–Crippen MR) is 74.8 cm³/mol. The number of carbonyl (C=O) groups is 1. The molecule has 0 radical (unpaired) electrons. The molecule has 0 aromatic heterocycles. The standard InChI is InChI=1S/C12H14BrNO6/c13-5-1-2-6-19-9-3-4-11(20-8-12(15)16)10(7-9)14(17)18/h3-4,7H,1-2,5-6,8H2,(H,15,16). The van der Waals surface area contributed by atoms with Gasteiger partial charge in [-0.15, -0.1) is 0 Å². The van der Waals surface area contributed by atoms with Gasteiger partial charge in [0.15, 0.2) is 12.4 Å². The first kappa shape index (κ1) is 16.2. The molecular formula is C12H14BrNO6. The molecule has 8 heteroatoms. The molecule has 0 saturated carbocycles. The fraction of sp³-hybridized carbons (Fsp3) is 0.417. The molecule has 110 valence electrons. The second-order valence-corrected chi connectivity index (χ2v) is 4.61. The molecule has 0 bridgehead atoms. The van der Waals surface area contributed by atoms with Gasteiger partial charge in [-0.2, -0.15) is 0 Å². The summed E-state index contributed by atoms with van der Waals surface area (Å²) in [6.07, 6.45) is 1.78. The van der Waals surface area contributed by atoms with Crippen molar-refractivity contribution < 1.29 is 24.3 Å². The maximum atomic E-state index is 10.9. The van der Waals surface area contributed by atoms with E-state index in [0.29, 0.717) is 12.4 Å². The van der Waals surface area contributed by atoms with Gasteiger partial charge in [0, 0.05) is 5.33 Å². The van der Waals surface area contributed by atoms with Crippen molar-refractivity contribution in [2.24, 2.45) is 0 Å². The average molecular weight is 348 g/mol. The third-order valence-corrected chi connectivity index (χ3v) is 2.84. The van der Waals surface area contributed by atoms with Crippen LogP contribution in [-0.2, 0) is 4.79 Å². The number of unbranched alkanes of at least 4 members (excludes halogenated alkanes) is 1. The lowest BCUT2D eigenvalue weighted by molar-refractivity contribution is -0.385. The van der Waals surface area contributed by atoms with Gasteiger partial charge in [0.05, 0.1) is 17.6 Å². The summed E-state index contributed by atoms with van der Waals surface area (Å²) in [7, 11) is 0. The van der Waals surface area contributed by atoms with Crippen LogP contribution in [0.1, 0.15) is 12.8 Å². The van der Waals surface area contributed by atoms with E-state index in [2.05, 4.69) is 15.9 Å². The predicted octanol–water partition coefficient (Wildman–Crippen LogP) is 2.61. The van der Waals surface area contributed by atoms with E-state index in [1.54, 1.807) is 0 Å². The summed E-state index contributed by atoms with van der Waals surface area (Å²) in [4.78, 5) is 20.7. The summed E-state index contributed by atoms with van der Waals surface area (Å²) in [5.41, 5.74) is -0.316. The van der Waals surface area contributed by atoms with Crippen LogP contribution in [0.5, 0.6) is 11.5 Å². The number of nitro benzene ring substituents is 1. The molecule has 1 rings (SSSR count). The van der Waals surface area contributed by atoms with Crippen molar-refractivity contribution in [3.63, 3.8) is 0 Å². The van der Waals surface area contributed by atoms with Crippen LogP contribution in [0, 0.1) is 10.1 Å². The molecule has 0 fully saturated rings. The van der Waals surface area contributed by atoms with Crippen molar-refractivity contribution in [2.45, 2.75) is 12.8 Å². The molecular weight excluding hydrogens is 334 g/mol. The van der Waals surface area contributed by atoms with Crippen molar-refractivity contribution in [3.8, 4) is 11.5 Å². The molecule has 7 nitrogen and oxygen atoms in total. The maximum Gasteiger partial charge on any atom is 0.341 e. The minimum atomic E-state index is -1.20. The Bertz CT molecular complexity index is 479. The summed E-state index contributed by atoms with van der Waals surface area (Å²) in [5, 5.41) is 20.3. The van der Waals surface area contributed by atoms with Crippen LogP contribution in [0.2, 0.25) is 0 Å². The van der Waals surface area contributed by atoms with E-state index < -0.39 is 17.5 Å². The minimum Gasteiger partial charge on any atom is -0.493 e. The fourth-order valence-electron chi connectivity index (χ4n) is 1.38. The molecule has 1 aromatic rings. The summed E-state index contributed by atoms with van der Waals surface area (Å²) in [5.74, 6) is -0.937. The summed E-state index contributed by atoms with van der Waals surface area (Å²) < 4.78 is 10.2. The third-order valence-electron chi connectivity index (χ3n) is 2.27. The molecule has 0 aliphatic heterocycles. The van der Waals surface area contributed by atoms with Gasteiger partial charge >= 0.3 is 11.7 Å². The molecule has 0 aliphatic carbocycles. The first-order valence-corrected chi connectivity index (χ1v) is 6.98. The number of aliphatic carboxylic acids is 1. The number of ether oxygens (including phenoxy) is 2. The van der Waals surface area contributed by atoms with E-state index in [-0.39, 0.29) is 11.4 Å². The first-order valence-electron chi connectivity index (χ1n) is 5.86. The van der Waals surface area contributed by atoms with Gasteiger partial charge in [0.2, 0.25) is 0 Å². The number of benzene rings is 1. The van der Waals surface area contributed by atoms with Crippen LogP contribution in [0.4, 0.5) is 5.69 Å². The van der Waals surface area contributed by atoms with E-state index in [1.807, 2.05) is 0 Å². The smallest absolute Gasteiger partial charge is 0.341 e. The van der Waals surface area contributed by atoms with Crippen LogP contribution < -0.4 is 9.47 Å². The summed E-state index contributed by atoms with van der Waals surface area (Å²) in [6, 6.07) is 4.07. The SMILES string of the molecule is O=C(O)COc1ccc(OCCCCBr)cc1[N+](=O)[O-]. The highest BCUT2D eigenvalue weighted by Crippen LogP contribution is 2.31. The number of carboxylic acids is 1. The van der Waals surface area contributed by atoms with Gasteiger partial charge in [0.1, 0.15) is 5.75 Å². The quantitative estimate of drug-likeness (QED) is 0.319. The molecule has 0 aliphatic rings. The minimum absolute atomic E-state index is 0.0924. The fourth-order valence-corrected chi connectivity index (χ4v) is 1.77. The lowest BCUT2D eigenvalue weighted by Crippen LogP contribution is -2.10. The van der Waals surface area contributed by atoms with E-state index >= 15 is 0 Å². The topological polar surface area (TPSA) is 98.9 Å². The molecule has 1 aromatic carbocycles. The Balaban J connectivity index is 2.73. The van der Waals surface area contributed by atoms with Gasteiger partial charge in [0.25, 0.3) is 0 Å². The zero-order chi connectivity index (χ0) is 15.0. The van der Waals surface area contributed by atoms with Gasteiger partial charge in [-0.05, 0) is 25.0 Å². The Morgan fingerprint density at radius 1 is 1.35 bits per heavy atom. The second kappa shape index (κ2) is 8.36. The van der Waals surface area contributed by atoms with Crippen LogP contribution >= 0.6 is 15.9 Å². The Kier molecular flexibility index (Phi) is 6.78. The number of rotatable bonds is 9. The Hall–Kier alpha value is -1.83. The molecule has 1 N–H and O–H groups in total. The highest BCUT2D eigenvalue weighted by Gasteiger charge is 2.17. The number of hydrogen-bond acceptors (Lipinski definition) is 5. The van der Waals surface area contributed by atoms with Crippen molar-refractivity contribution in [3.05, 3.63) is 28.3 Å². The van der Waals surface area contributed by atoms with Gasteiger partial charge in [-0.3, -0.25) is 10.1 Å². The van der Waals surface area contributed by atoms with E-state index in [1.165, 1.54) is 18.2 Å². The molecule has 0 amide bonds. The molecule has 0 unspecified atom stereocenters. The number of nitrogens with zero attached hydrogens (tertiary/aromatic N) is 1. The number of halogens is 1. The number of hydrogen-bond donors (Lipinski definition) is 1. The van der Waals surface area contributed by atoms with Crippen LogP contribution in [0.25, 0.3) is 0 Å². The number of carboxylic acid groups (broad SMARTS) is 1. The van der Waals surface area contributed by atoms with Gasteiger partial charge in [-0.1, -0.05) is 15.9 Å². The first-order chi connectivity index (χ1) is 9.54. The number of nitro groups is 1. The van der Waals surface area contributed by atoms with Crippen molar-refractivity contribution >= 4 is 27.6 Å². The van der Waals surface area contributed by atoms with Gasteiger partial charge < -0.3 is 14.6 Å². The summed E-state index contributed by atoms with van der Waals surface area (Å²) in [6.45, 7) is -0.176. The second-order valence-electron chi connectivity index (χ2n) is 3.81. The molecule has 20 heavy (non-hydrogen) atoms. The lowest BCUT2D eigenvalue weighted by atomic mass is 10.2. The Morgan fingerprint density at radius 2 is 2.10 bits per heavy atom. The van der Waals surface area contributed by atoms with Gasteiger partial charge in [-0.25, -0.2) is 4.79 Å². The third kappa shape index (κ3) is 5.43. The largest absolute Gasteiger partial charge is 0.493 e. The number of alkyl halides is 1. The lowest BCUT2D eigenvalue weighted by Gasteiger charge is -2.08. The monoisotopic (exact) mass is 347 g/mol. The van der Waals surface area contributed by atoms with E-state index in [9.17, 15) is 14.9 Å². The maximum absolute atomic E-state index is 10.9. The van der Waals surface area contributed by atoms with Crippen molar-refractivity contribution in [1.82, 2.24) is 0 Å². The molecule has 0 atom stereocenters. The highest BCUT2D eigenvalue weighted by molar-refractivity contribution is 9.09. The van der Waals surface area contributed by atoms with Crippen LogP contribution in [0.3, 0.4) is 0 Å². The normalized spacial score (nSPS) is 10.1. The van der Waals surface area contributed by atoms with Crippen molar-refractivity contribution in [1.29, 1.82) is 0 Å². The van der Waals surface area contributed by atoms with E-state index in [4.69, 9.17) is 14.6 Å². The van der Waals surface area contributed by atoms with Crippen molar-refractivity contribution in [2.75, 3.05) is 18.5 Å².